The molecule has 10 nitrogen and oxygen atoms in total. The van der Waals surface area contributed by atoms with Crippen molar-refractivity contribution < 1.29 is 5.11 Å². The molecule has 4 N–H and O–H groups in total. The van der Waals surface area contributed by atoms with Crippen LogP contribution in [0.3, 0.4) is 0 Å². The lowest BCUT2D eigenvalue weighted by Crippen LogP contribution is -2.33. The van der Waals surface area contributed by atoms with E-state index in [1.165, 1.54) is 23.3 Å². The first-order valence-corrected chi connectivity index (χ1v) is 11.8. The fourth-order valence-corrected chi connectivity index (χ4v) is 5.19. The van der Waals surface area contributed by atoms with Crippen molar-refractivity contribution in [3.05, 3.63) is 36.2 Å². The van der Waals surface area contributed by atoms with E-state index in [0.29, 0.717) is 12.4 Å². The molecule has 0 unspecified atom stereocenters. The molecule has 1 aromatic carbocycles. The van der Waals surface area contributed by atoms with Crippen molar-refractivity contribution in [1.29, 1.82) is 0 Å². The Kier molecular flexibility index (Phi) is 6.46. The van der Waals surface area contributed by atoms with Gasteiger partial charge in [-0.2, -0.15) is 5.21 Å². The molecule has 2 aliphatic rings. The number of tetrazole rings is 1. The molecule has 11 heteroatoms. The minimum Gasteiger partial charge on any atom is -0.374 e. The van der Waals surface area contributed by atoms with Crippen LogP contribution in [0.5, 0.6) is 0 Å². The third kappa shape index (κ3) is 5.17. The molecule has 168 valence electrons. The first-order chi connectivity index (χ1) is 15.7. The summed E-state index contributed by atoms with van der Waals surface area (Å²) >= 11 is 1.66. The van der Waals surface area contributed by atoms with E-state index < -0.39 is 6.23 Å². The Bertz CT molecular complexity index is 1020. The summed E-state index contributed by atoms with van der Waals surface area (Å²) in [6.07, 6.45) is 8.02. The topological polar surface area (TPSA) is 128 Å². The number of H-pyrrole nitrogens is 1. The van der Waals surface area contributed by atoms with E-state index in [1.807, 2.05) is 0 Å². The van der Waals surface area contributed by atoms with Crippen molar-refractivity contribution in [1.82, 2.24) is 35.5 Å². The van der Waals surface area contributed by atoms with Crippen LogP contribution in [0.25, 0.3) is 0 Å². The molecule has 3 aromatic rings. The van der Waals surface area contributed by atoms with Crippen LogP contribution in [0, 0.1) is 5.92 Å². The molecule has 1 atom stereocenters. The number of nitrogens with one attached hydrogen (secondary N) is 3. The van der Waals surface area contributed by atoms with E-state index in [-0.39, 0.29) is 0 Å². The molecule has 0 saturated carbocycles. The summed E-state index contributed by atoms with van der Waals surface area (Å²) in [5, 5.41) is 30.7. The fourth-order valence-electron chi connectivity index (χ4n) is 4.32. The van der Waals surface area contributed by atoms with E-state index in [2.05, 4.69) is 64.3 Å². The molecule has 1 saturated heterocycles. The zero-order valence-corrected chi connectivity index (χ0v) is 18.6. The highest BCUT2D eigenvalue weighted by molar-refractivity contribution is 7.99. The number of aliphatic hydroxyl groups is 1. The van der Waals surface area contributed by atoms with Crippen LogP contribution in [0.1, 0.15) is 37.7 Å². The number of aromatic nitrogens is 6. The largest absolute Gasteiger partial charge is 0.374 e. The molecule has 0 bridgehead atoms. The standard InChI is InChI=1S/C21H27N9OS/c31-18(25-21-26-28-29-27-21)3-1-2-14-6-10-30(11-7-14)13-15-4-5-17-16(12-15)24-19-20(32-17)23-9-8-22-19/h4-5,8-9,12,14,18,31H,1-3,6-7,10-11,13H2,(H,22,24)(H2,25,26,27,28,29)/t18-/m1/s1. The Morgan fingerprint density at radius 3 is 2.94 bits per heavy atom. The van der Waals surface area contributed by atoms with Crippen molar-refractivity contribution in [2.75, 3.05) is 23.7 Å². The minimum atomic E-state index is -0.638. The summed E-state index contributed by atoms with van der Waals surface area (Å²) in [4.78, 5) is 12.5. The highest BCUT2D eigenvalue weighted by Gasteiger charge is 2.21. The fraction of sp³-hybridized carbons (Fsp3) is 0.476. The van der Waals surface area contributed by atoms with Gasteiger partial charge in [-0.3, -0.25) is 4.90 Å². The van der Waals surface area contributed by atoms with Crippen molar-refractivity contribution in [3.8, 4) is 0 Å². The summed E-state index contributed by atoms with van der Waals surface area (Å²) in [5.41, 5.74) is 2.43. The van der Waals surface area contributed by atoms with Gasteiger partial charge in [0.25, 0.3) is 5.95 Å². The molecule has 2 aromatic heterocycles. The lowest BCUT2D eigenvalue weighted by Gasteiger charge is -2.32. The second kappa shape index (κ2) is 9.80. The monoisotopic (exact) mass is 453 g/mol. The Morgan fingerprint density at radius 1 is 1.22 bits per heavy atom. The number of benzene rings is 1. The molecule has 0 spiro atoms. The number of aliphatic hydroxyl groups excluding tert-OH is 1. The summed E-state index contributed by atoms with van der Waals surface area (Å²) in [5.74, 6) is 1.89. The van der Waals surface area contributed by atoms with E-state index >= 15 is 0 Å². The van der Waals surface area contributed by atoms with Crippen LogP contribution in [0.2, 0.25) is 0 Å². The first-order valence-electron chi connectivity index (χ1n) is 11.0. The minimum absolute atomic E-state index is 0.332. The van der Waals surface area contributed by atoms with Gasteiger partial charge in [0.05, 0.1) is 5.69 Å². The second-order valence-corrected chi connectivity index (χ2v) is 9.34. The zero-order chi connectivity index (χ0) is 21.8. The van der Waals surface area contributed by atoms with E-state index in [9.17, 15) is 5.11 Å². The molecule has 0 aliphatic carbocycles. The first kappa shape index (κ1) is 21.1. The lowest BCUT2D eigenvalue weighted by atomic mass is 9.91. The molecule has 2 aliphatic heterocycles. The number of hydrogen-bond acceptors (Lipinski definition) is 10. The van der Waals surface area contributed by atoms with Crippen molar-refractivity contribution in [2.24, 2.45) is 5.92 Å². The van der Waals surface area contributed by atoms with Gasteiger partial charge in [0.15, 0.2) is 5.82 Å². The van der Waals surface area contributed by atoms with E-state index in [0.717, 1.165) is 54.9 Å². The Labute approximate surface area is 190 Å². The van der Waals surface area contributed by atoms with Crippen LogP contribution in [0.4, 0.5) is 17.5 Å². The molecule has 1 fully saturated rings. The summed E-state index contributed by atoms with van der Waals surface area (Å²) in [6.45, 7) is 3.19. The maximum atomic E-state index is 10.0. The lowest BCUT2D eigenvalue weighted by molar-refractivity contribution is 0.158. The van der Waals surface area contributed by atoms with Crippen LogP contribution in [0.15, 0.2) is 40.5 Å². The average molecular weight is 454 g/mol. The van der Waals surface area contributed by atoms with Gasteiger partial charge in [0, 0.05) is 23.8 Å². The maximum Gasteiger partial charge on any atom is 0.265 e. The van der Waals surface area contributed by atoms with Crippen molar-refractivity contribution >= 4 is 29.2 Å². The zero-order valence-electron chi connectivity index (χ0n) is 17.7. The van der Waals surface area contributed by atoms with Gasteiger partial charge in [0.1, 0.15) is 11.3 Å². The number of aromatic amines is 1. The highest BCUT2D eigenvalue weighted by Crippen LogP contribution is 2.42. The molecule has 5 rings (SSSR count). The van der Waals surface area contributed by atoms with Gasteiger partial charge in [-0.1, -0.05) is 29.3 Å². The van der Waals surface area contributed by atoms with E-state index in [1.54, 1.807) is 24.2 Å². The van der Waals surface area contributed by atoms with Gasteiger partial charge in [-0.05, 0) is 67.6 Å². The normalized spacial score (nSPS) is 17.3. The van der Waals surface area contributed by atoms with Gasteiger partial charge in [-0.25, -0.2) is 9.97 Å². The number of likely N-dealkylation sites (tertiary alicyclic amines) is 1. The number of nitrogens with zero attached hydrogens (tertiary/aromatic N) is 6. The number of rotatable bonds is 8. The molecule has 32 heavy (non-hydrogen) atoms. The van der Waals surface area contributed by atoms with Gasteiger partial charge < -0.3 is 15.7 Å². The van der Waals surface area contributed by atoms with Crippen molar-refractivity contribution in [3.63, 3.8) is 0 Å². The third-order valence-electron chi connectivity index (χ3n) is 6.01. The molecular weight excluding hydrogens is 426 g/mol. The summed E-state index contributed by atoms with van der Waals surface area (Å²) < 4.78 is 0. The Morgan fingerprint density at radius 2 is 2.09 bits per heavy atom. The van der Waals surface area contributed by atoms with Crippen LogP contribution in [-0.4, -0.2) is 59.9 Å². The van der Waals surface area contributed by atoms with Crippen LogP contribution < -0.4 is 10.6 Å². The molecule has 0 amide bonds. The predicted octanol–water partition coefficient (Wildman–Crippen LogP) is 3.01. The number of anilines is 3. The van der Waals surface area contributed by atoms with Crippen LogP contribution >= 0.6 is 11.8 Å². The van der Waals surface area contributed by atoms with Gasteiger partial charge >= 0.3 is 0 Å². The van der Waals surface area contributed by atoms with Crippen molar-refractivity contribution in [2.45, 2.75) is 54.8 Å². The third-order valence-corrected chi connectivity index (χ3v) is 7.08. The van der Waals surface area contributed by atoms with E-state index in [4.69, 9.17) is 0 Å². The molecule has 4 heterocycles. The Hall–Kier alpha value is -2.76. The average Bonchev–Trinajstić information content (AvgIpc) is 3.32. The maximum absolute atomic E-state index is 10.0. The Balaban J connectivity index is 1.05. The van der Waals surface area contributed by atoms with Gasteiger partial charge in [0.2, 0.25) is 0 Å². The number of fused-ring (bicyclic) bond motifs is 2. The quantitative estimate of drug-likeness (QED) is 0.296. The SMILES string of the molecule is O[C@H](CCCC1CCN(Cc2ccc3c(c2)Nc2nccnc2S3)CC1)Nc1nn[nH]n1. The van der Waals surface area contributed by atoms with Gasteiger partial charge in [-0.15, -0.1) is 5.10 Å². The predicted molar refractivity (Wildman–Crippen MR) is 122 cm³/mol. The summed E-state index contributed by atoms with van der Waals surface area (Å²) in [7, 11) is 0. The second-order valence-electron chi connectivity index (χ2n) is 8.31. The molecule has 0 radical (unpaired) electrons. The highest BCUT2D eigenvalue weighted by atomic mass is 32.2. The summed E-state index contributed by atoms with van der Waals surface area (Å²) in [6, 6.07) is 6.64. The van der Waals surface area contributed by atoms with Crippen LogP contribution in [-0.2, 0) is 6.54 Å². The smallest absolute Gasteiger partial charge is 0.265 e. The molecular formula is C21H27N9OS. The number of hydrogen-bond donors (Lipinski definition) is 4. The number of piperidine rings is 1.